The number of benzene rings is 2. The van der Waals surface area contributed by atoms with Gasteiger partial charge in [0.1, 0.15) is 0 Å². The minimum Gasteiger partial charge on any atom is -0.289 e. The van der Waals surface area contributed by atoms with Crippen LogP contribution >= 0.6 is 31.9 Å². The van der Waals surface area contributed by atoms with Gasteiger partial charge >= 0.3 is 0 Å². The molecule has 0 heterocycles. The topological polar surface area (TPSA) is 17.1 Å². The monoisotopic (exact) mass is 366 g/mol. The number of rotatable bonds is 0. The fourth-order valence-electron chi connectivity index (χ4n) is 2.35. The molecule has 0 spiro atoms. The molecule has 3 rings (SSSR count). The lowest BCUT2D eigenvalue weighted by Gasteiger charge is -2.16. The molecule has 2 atom stereocenters. The zero-order chi connectivity index (χ0) is 12.7. The van der Waals surface area contributed by atoms with Gasteiger partial charge in [-0.05, 0) is 11.1 Å². The van der Waals surface area contributed by atoms with Crippen LogP contribution in [0, 0.1) is 0 Å². The summed E-state index contributed by atoms with van der Waals surface area (Å²) in [6.07, 6.45) is 0. The molecule has 90 valence electrons. The Morgan fingerprint density at radius 2 is 1.17 bits per heavy atom. The summed E-state index contributed by atoms with van der Waals surface area (Å²) in [6, 6.07) is 15.6. The van der Waals surface area contributed by atoms with Crippen molar-refractivity contribution in [2.45, 2.75) is 9.65 Å². The van der Waals surface area contributed by atoms with Crippen LogP contribution in [0.3, 0.4) is 0 Å². The minimum atomic E-state index is 0.0984. The first-order valence-corrected chi connectivity index (χ1v) is 7.54. The van der Waals surface area contributed by atoms with Gasteiger partial charge in [0.15, 0.2) is 5.78 Å². The molecule has 0 saturated heterocycles. The lowest BCUT2D eigenvalue weighted by Crippen LogP contribution is -2.03. The van der Waals surface area contributed by atoms with E-state index in [1.54, 1.807) is 0 Å². The van der Waals surface area contributed by atoms with E-state index in [9.17, 15) is 4.79 Å². The minimum absolute atomic E-state index is 0.0984. The zero-order valence-electron chi connectivity index (χ0n) is 9.44. The van der Waals surface area contributed by atoms with Gasteiger partial charge in [0, 0.05) is 11.1 Å². The molecule has 0 fully saturated rings. The lowest BCUT2D eigenvalue weighted by atomic mass is 10.0. The van der Waals surface area contributed by atoms with Gasteiger partial charge in [-0.25, -0.2) is 0 Å². The Labute approximate surface area is 122 Å². The second kappa shape index (κ2) is 4.63. The van der Waals surface area contributed by atoms with Crippen LogP contribution in [-0.4, -0.2) is 5.78 Å². The van der Waals surface area contributed by atoms with Crippen LogP contribution in [0.1, 0.15) is 36.7 Å². The third-order valence-corrected chi connectivity index (χ3v) is 6.02. The summed E-state index contributed by atoms with van der Waals surface area (Å²) in [5.74, 6) is 0.104. The first-order chi connectivity index (χ1) is 8.70. The average molecular weight is 368 g/mol. The van der Waals surface area contributed by atoms with Crippen LogP contribution in [0.5, 0.6) is 0 Å². The average Bonchev–Trinajstić information content (AvgIpc) is 2.51. The number of hydrogen-bond donors (Lipinski definition) is 0. The van der Waals surface area contributed by atoms with Gasteiger partial charge in [-0.15, -0.1) is 0 Å². The molecule has 0 bridgehead atoms. The summed E-state index contributed by atoms with van der Waals surface area (Å²) >= 11 is 7.40. The summed E-state index contributed by atoms with van der Waals surface area (Å²) in [4.78, 5) is 12.8. The van der Waals surface area contributed by atoms with E-state index in [0.29, 0.717) is 0 Å². The number of hydrogen-bond acceptors (Lipinski definition) is 1. The van der Waals surface area contributed by atoms with Gasteiger partial charge in [-0.2, -0.15) is 0 Å². The Kier molecular flexibility index (Phi) is 3.12. The molecule has 18 heavy (non-hydrogen) atoms. The second-order valence-corrected chi connectivity index (χ2v) is 6.28. The first-order valence-electron chi connectivity index (χ1n) is 5.71. The van der Waals surface area contributed by atoms with Gasteiger partial charge < -0.3 is 0 Å². The van der Waals surface area contributed by atoms with E-state index in [0.717, 1.165) is 22.3 Å². The molecule has 0 amide bonds. The number of carbonyl (C=O) groups excluding carboxylic acids is 1. The van der Waals surface area contributed by atoms with E-state index in [2.05, 4.69) is 31.9 Å². The van der Waals surface area contributed by atoms with Crippen LogP contribution in [0.4, 0.5) is 0 Å². The third-order valence-electron chi connectivity index (χ3n) is 3.26. The Hall–Kier alpha value is -0.930. The number of fused-ring (bicyclic) bond motifs is 2. The fraction of sp³-hybridized carbons (Fsp3) is 0.133. The Balaban J connectivity index is 2.31. The highest BCUT2D eigenvalue weighted by Crippen LogP contribution is 2.47. The molecule has 0 aromatic heterocycles. The zero-order valence-corrected chi connectivity index (χ0v) is 12.6. The largest absolute Gasteiger partial charge is 0.289 e. The molecule has 0 aliphatic heterocycles. The van der Waals surface area contributed by atoms with Gasteiger partial charge in [-0.3, -0.25) is 4.79 Å². The van der Waals surface area contributed by atoms with E-state index in [-0.39, 0.29) is 15.4 Å². The van der Waals surface area contributed by atoms with Crippen molar-refractivity contribution < 1.29 is 4.79 Å². The molecule has 0 saturated carbocycles. The van der Waals surface area contributed by atoms with Crippen molar-refractivity contribution in [1.29, 1.82) is 0 Å². The van der Waals surface area contributed by atoms with Gasteiger partial charge in [0.2, 0.25) is 0 Å². The van der Waals surface area contributed by atoms with Gasteiger partial charge in [0.25, 0.3) is 0 Å². The normalized spacial score (nSPS) is 22.0. The van der Waals surface area contributed by atoms with Crippen LogP contribution in [-0.2, 0) is 0 Å². The molecular formula is C15H10Br2O. The van der Waals surface area contributed by atoms with Crippen molar-refractivity contribution in [1.82, 2.24) is 0 Å². The highest BCUT2D eigenvalue weighted by atomic mass is 79.9. The van der Waals surface area contributed by atoms with Crippen molar-refractivity contribution in [2.24, 2.45) is 0 Å². The first kappa shape index (κ1) is 12.1. The molecule has 1 aliphatic rings. The summed E-state index contributed by atoms with van der Waals surface area (Å²) in [6.45, 7) is 0. The molecule has 2 aromatic carbocycles. The Bertz CT molecular complexity index is 568. The second-order valence-electron chi connectivity index (χ2n) is 4.31. The summed E-state index contributed by atoms with van der Waals surface area (Å²) in [7, 11) is 0. The number of halogens is 2. The highest BCUT2D eigenvalue weighted by Gasteiger charge is 2.31. The molecule has 3 heteroatoms. The molecule has 1 aliphatic carbocycles. The third kappa shape index (κ3) is 1.77. The Morgan fingerprint density at radius 1 is 0.778 bits per heavy atom. The quantitative estimate of drug-likeness (QED) is 0.611. The van der Waals surface area contributed by atoms with Gasteiger partial charge in [-0.1, -0.05) is 80.4 Å². The molecule has 0 N–H and O–H groups in total. The van der Waals surface area contributed by atoms with E-state index < -0.39 is 0 Å². The fourth-order valence-corrected chi connectivity index (χ4v) is 3.72. The predicted molar refractivity (Wildman–Crippen MR) is 79.7 cm³/mol. The van der Waals surface area contributed by atoms with Crippen molar-refractivity contribution in [3.05, 3.63) is 70.8 Å². The lowest BCUT2D eigenvalue weighted by molar-refractivity contribution is 0.103. The van der Waals surface area contributed by atoms with E-state index in [4.69, 9.17) is 0 Å². The smallest absolute Gasteiger partial charge is 0.193 e. The van der Waals surface area contributed by atoms with Crippen molar-refractivity contribution in [3.63, 3.8) is 0 Å². The predicted octanol–water partition coefficient (Wildman–Crippen LogP) is 4.80. The summed E-state index contributed by atoms with van der Waals surface area (Å²) < 4.78 is 0. The molecule has 2 unspecified atom stereocenters. The van der Waals surface area contributed by atoms with Crippen LogP contribution in [0.2, 0.25) is 0 Å². The van der Waals surface area contributed by atoms with Crippen LogP contribution < -0.4 is 0 Å². The SMILES string of the molecule is O=[14C]1c2ccccc2C(Br)C(Br)c2ccccc21. The summed E-state index contributed by atoms with van der Waals surface area (Å²) in [5.41, 5.74) is 3.66. The molecular weight excluding hydrogens is 358 g/mol. The summed E-state index contributed by atoms with van der Waals surface area (Å²) in [5, 5.41) is 0. The molecule has 0 radical (unpaired) electrons. The van der Waals surface area contributed by atoms with E-state index >= 15 is 0 Å². The molecule has 2 aromatic rings. The maximum Gasteiger partial charge on any atom is 0.193 e. The number of carbonyl (C=O) groups is 1. The van der Waals surface area contributed by atoms with E-state index in [1.165, 1.54) is 0 Å². The van der Waals surface area contributed by atoms with E-state index in [1.807, 2.05) is 48.5 Å². The Morgan fingerprint density at radius 3 is 1.61 bits per heavy atom. The highest BCUT2D eigenvalue weighted by molar-refractivity contribution is 9.12. The maximum atomic E-state index is 12.6. The van der Waals surface area contributed by atoms with Crippen molar-refractivity contribution >= 4 is 37.6 Å². The van der Waals surface area contributed by atoms with Gasteiger partial charge in [0.05, 0.1) is 9.65 Å². The van der Waals surface area contributed by atoms with Crippen LogP contribution in [0.25, 0.3) is 0 Å². The van der Waals surface area contributed by atoms with Crippen molar-refractivity contribution in [3.8, 4) is 0 Å². The number of alkyl halides is 2. The standard InChI is InChI=1S/C15H10Br2O/c16-13-9-5-1-3-7-11(9)15(18)12-8-4-2-6-10(12)14(13)17/h1-8,13-14H/i15+2. The van der Waals surface area contributed by atoms with Crippen LogP contribution in [0.15, 0.2) is 48.5 Å². The molecule has 1 nitrogen and oxygen atoms in total. The maximum absolute atomic E-state index is 12.6. The number of ketones is 1. The van der Waals surface area contributed by atoms with Crippen molar-refractivity contribution in [2.75, 3.05) is 0 Å².